The van der Waals surface area contributed by atoms with E-state index in [9.17, 15) is 13.2 Å². The molecule has 5 heteroatoms. The Hall–Kier alpha value is -1.49. The van der Waals surface area contributed by atoms with Crippen LogP contribution in [0.25, 0.3) is 10.9 Å². The second-order valence-electron chi connectivity index (χ2n) is 5.22. The quantitative estimate of drug-likeness (QED) is 0.898. The van der Waals surface area contributed by atoms with E-state index in [-0.39, 0.29) is 6.04 Å². The van der Waals surface area contributed by atoms with E-state index in [0.717, 1.165) is 30.1 Å². The van der Waals surface area contributed by atoms with Crippen molar-refractivity contribution in [3.63, 3.8) is 0 Å². The molecular weight excluding hydrogens is 265 g/mol. The van der Waals surface area contributed by atoms with Crippen molar-refractivity contribution in [2.75, 3.05) is 13.6 Å². The molecule has 2 rings (SSSR count). The van der Waals surface area contributed by atoms with E-state index in [1.807, 2.05) is 31.5 Å². The van der Waals surface area contributed by atoms with Gasteiger partial charge in [-0.1, -0.05) is 6.07 Å². The van der Waals surface area contributed by atoms with E-state index < -0.39 is 11.7 Å². The molecule has 0 aliphatic heterocycles. The minimum Gasteiger partial charge on any atom is -0.342 e. The lowest BCUT2D eigenvalue weighted by Crippen LogP contribution is -2.14. The second-order valence-corrected chi connectivity index (χ2v) is 5.22. The molecule has 0 saturated heterocycles. The van der Waals surface area contributed by atoms with Crippen molar-refractivity contribution in [2.24, 2.45) is 0 Å². The topological polar surface area (TPSA) is 17.0 Å². The maximum atomic E-state index is 12.8. The molecule has 20 heavy (non-hydrogen) atoms. The molecule has 2 nitrogen and oxygen atoms in total. The molecule has 0 atom stereocenters. The zero-order valence-electron chi connectivity index (χ0n) is 11.9. The average molecular weight is 284 g/mol. The number of likely N-dealkylation sites (N-methyl/N-ethyl adjacent to an activating group) is 1. The summed E-state index contributed by atoms with van der Waals surface area (Å²) in [6, 6.07) is 6.06. The van der Waals surface area contributed by atoms with Crippen molar-refractivity contribution in [2.45, 2.75) is 32.5 Å². The highest BCUT2D eigenvalue weighted by molar-refractivity contribution is 5.82. The van der Waals surface area contributed by atoms with Gasteiger partial charge < -0.3 is 9.88 Å². The van der Waals surface area contributed by atoms with Gasteiger partial charge in [0.1, 0.15) is 0 Å². The van der Waals surface area contributed by atoms with Gasteiger partial charge in [-0.3, -0.25) is 0 Å². The number of rotatable bonds is 4. The summed E-state index contributed by atoms with van der Waals surface area (Å²) in [5.41, 5.74) is 1.12. The molecule has 1 aromatic carbocycles. The van der Waals surface area contributed by atoms with Crippen LogP contribution in [0.3, 0.4) is 0 Å². The molecule has 1 aromatic heterocycles. The Labute approximate surface area is 116 Å². The minimum atomic E-state index is -4.30. The lowest BCUT2D eigenvalue weighted by atomic mass is 10.1. The summed E-state index contributed by atoms with van der Waals surface area (Å²) in [5.74, 6) is 0. The van der Waals surface area contributed by atoms with Gasteiger partial charge in [0, 0.05) is 30.2 Å². The predicted octanol–water partition coefficient (Wildman–Crippen LogP) is 4.00. The van der Waals surface area contributed by atoms with Crippen molar-refractivity contribution in [1.29, 1.82) is 0 Å². The van der Waals surface area contributed by atoms with Crippen LogP contribution in [0.1, 0.15) is 31.1 Å². The largest absolute Gasteiger partial charge is 0.416 e. The van der Waals surface area contributed by atoms with Crippen molar-refractivity contribution in [1.82, 2.24) is 9.88 Å². The van der Waals surface area contributed by atoms with Crippen LogP contribution in [-0.4, -0.2) is 18.2 Å². The van der Waals surface area contributed by atoms with E-state index in [2.05, 4.69) is 5.32 Å². The molecule has 0 aliphatic carbocycles. The summed E-state index contributed by atoms with van der Waals surface area (Å²) in [6.07, 6.45) is -3.50. The lowest BCUT2D eigenvalue weighted by molar-refractivity contribution is -0.137. The molecule has 0 amide bonds. The van der Waals surface area contributed by atoms with Crippen molar-refractivity contribution < 1.29 is 13.2 Å². The van der Waals surface area contributed by atoms with Crippen molar-refractivity contribution in [3.8, 4) is 0 Å². The van der Waals surface area contributed by atoms with Crippen LogP contribution in [-0.2, 0) is 12.6 Å². The van der Waals surface area contributed by atoms with E-state index in [1.165, 1.54) is 6.07 Å². The Morgan fingerprint density at radius 2 is 1.90 bits per heavy atom. The monoisotopic (exact) mass is 284 g/mol. The molecule has 0 saturated carbocycles. The lowest BCUT2D eigenvalue weighted by Gasteiger charge is -2.15. The Kier molecular flexibility index (Phi) is 4.09. The van der Waals surface area contributed by atoms with Crippen LogP contribution in [0, 0.1) is 0 Å². The highest BCUT2D eigenvalue weighted by Crippen LogP contribution is 2.33. The van der Waals surface area contributed by atoms with Crippen molar-refractivity contribution in [3.05, 3.63) is 35.5 Å². The van der Waals surface area contributed by atoms with E-state index in [4.69, 9.17) is 0 Å². The van der Waals surface area contributed by atoms with Gasteiger partial charge in [0.25, 0.3) is 0 Å². The van der Waals surface area contributed by atoms with Gasteiger partial charge in [0.2, 0.25) is 0 Å². The summed E-state index contributed by atoms with van der Waals surface area (Å²) in [5, 5.41) is 3.93. The summed E-state index contributed by atoms with van der Waals surface area (Å²) < 4.78 is 40.5. The maximum Gasteiger partial charge on any atom is 0.416 e. The SMILES string of the molecule is CNCCc1cc2ccc(C(F)(F)F)cc2n1C(C)C. The highest BCUT2D eigenvalue weighted by Gasteiger charge is 2.31. The van der Waals surface area contributed by atoms with Crippen LogP contribution < -0.4 is 5.32 Å². The van der Waals surface area contributed by atoms with Crippen LogP contribution in [0.2, 0.25) is 0 Å². The Balaban J connectivity index is 2.58. The maximum absolute atomic E-state index is 12.8. The van der Waals surface area contributed by atoms with Crippen LogP contribution in [0.5, 0.6) is 0 Å². The van der Waals surface area contributed by atoms with Crippen LogP contribution in [0.15, 0.2) is 24.3 Å². The van der Waals surface area contributed by atoms with Gasteiger partial charge in [-0.25, -0.2) is 0 Å². The number of alkyl halides is 3. The van der Waals surface area contributed by atoms with Gasteiger partial charge in [0.15, 0.2) is 0 Å². The first kappa shape index (κ1) is 14.9. The third-order valence-corrected chi connectivity index (χ3v) is 3.40. The molecule has 0 radical (unpaired) electrons. The third-order valence-electron chi connectivity index (χ3n) is 3.40. The first-order chi connectivity index (χ1) is 9.34. The zero-order chi connectivity index (χ0) is 14.9. The highest BCUT2D eigenvalue weighted by atomic mass is 19.4. The molecule has 0 bridgehead atoms. The average Bonchev–Trinajstić information content (AvgIpc) is 2.72. The van der Waals surface area contributed by atoms with Gasteiger partial charge in [-0.05, 0) is 44.5 Å². The molecule has 2 aromatic rings. The first-order valence-electron chi connectivity index (χ1n) is 6.70. The number of halogens is 3. The number of benzene rings is 1. The number of aromatic nitrogens is 1. The molecule has 1 N–H and O–H groups in total. The molecule has 0 unspecified atom stereocenters. The Morgan fingerprint density at radius 1 is 1.20 bits per heavy atom. The summed E-state index contributed by atoms with van der Waals surface area (Å²) in [6.45, 7) is 4.78. The number of nitrogens with one attached hydrogen (secondary N) is 1. The molecule has 0 spiro atoms. The minimum absolute atomic E-state index is 0.128. The van der Waals surface area contributed by atoms with Crippen molar-refractivity contribution >= 4 is 10.9 Å². The predicted molar refractivity (Wildman–Crippen MR) is 75.0 cm³/mol. The fourth-order valence-electron chi connectivity index (χ4n) is 2.51. The van der Waals surface area contributed by atoms with Gasteiger partial charge >= 0.3 is 6.18 Å². The molecule has 0 fully saturated rings. The standard InChI is InChI=1S/C15H19F3N2/c1-10(2)20-13(6-7-19-3)8-11-4-5-12(9-14(11)20)15(16,17)18/h4-5,8-10,19H,6-7H2,1-3H3. The van der Waals surface area contributed by atoms with E-state index in [0.29, 0.717) is 5.52 Å². The van der Waals surface area contributed by atoms with Gasteiger partial charge in [-0.2, -0.15) is 13.2 Å². The number of hydrogen-bond acceptors (Lipinski definition) is 1. The second kappa shape index (κ2) is 5.48. The summed E-state index contributed by atoms with van der Waals surface area (Å²) >= 11 is 0. The third kappa shape index (κ3) is 2.82. The summed E-state index contributed by atoms with van der Waals surface area (Å²) in [7, 11) is 1.87. The fourth-order valence-corrected chi connectivity index (χ4v) is 2.51. The van der Waals surface area contributed by atoms with Crippen LogP contribution >= 0.6 is 0 Å². The molecule has 110 valence electrons. The fraction of sp³-hybridized carbons (Fsp3) is 0.467. The number of nitrogens with zero attached hydrogens (tertiary/aromatic N) is 1. The van der Waals surface area contributed by atoms with E-state index in [1.54, 1.807) is 6.07 Å². The Morgan fingerprint density at radius 3 is 2.45 bits per heavy atom. The zero-order valence-corrected chi connectivity index (χ0v) is 11.9. The van der Waals surface area contributed by atoms with Crippen LogP contribution in [0.4, 0.5) is 13.2 Å². The smallest absolute Gasteiger partial charge is 0.342 e. The first-order valence-corrected chi connectivity index (χ1v) is 6.70. The molecule has 1 heterocycles. The number of hydrogen-bond donors (Lipinski definition) is 1. The Bertz CT molecular complexity index is 597. The van der Waals surface area contributed by atoms with Gasteiger partial charge in [0.05, 0.1) is 5.56 Å². The van der Waals surface area contributed by atoms with Gasteiger partial charge in [-0.15, -0.1) is 0 Å². The normalized spacial score (nSPS) is 12.6. The molecular formula is C15H19F3N2. The number of fused-ring (bicyclic) bond motifs is 1. The molecule has 0 aliphatic rings. The van der Waals surface area contributed by atoms with E-state index >= 15 is 0 Å². The summed E-state index contributed by atoms with van der Waals surface area (Å²) in [4.78, 5) is 0.